The van der Waals surface area contributed by atoms with Crippen molar-refractivity contribution in [3.05, 3.63) is 53.5 Å². The van der Waals surface area contributed by atoms with E-state index in [0.717, 1.165) is 75.0 Å². The number of piperidine rings is 1. The van der Waals surface area contributed by atoms with Crippen LogP contribution in [0.5, 0.6) is 0 Å². The summed E-state index contributed by atoms with van der Waals surface area (Å²) in [6.45, 7) is 5.51. The summed E-state index contributed by atoms with van der Waals surface area (Å²) >= 11 is 0. The Hall–Kier alpha value is -2.58. The number of hydrogen-bond acceptors (Lipinski definition) is 5. The molecule has 0 spiro atoms. The normalized spacial score (nSPS) is 18.3. The smallest absolute Gasteiger partial charge is 0.147 e. The first-order valence-electron chi connectivity index (χ1n) is 9.92. The summed E-state index contributed by atoms with van der Waals surface area (Å²) in [7, 11) is 0. The number of H-pyrrole nitrogens is 1. The van der Waals surface area contributed by atoms with Crippen molar-refractivity contribution in [1.82, 2.24) is 35.2 Å². The van der Waals surface area contributed by atoms with Gasteiger partial charge in [0.2, 0.25) is 0 Å². The molecule has 8 heteroatoms. The van der Waals surface area contributed by atoms with E-state index in [0.29, 0.717) is 11.5 Å². The minimum Gasteiger partial charge on any atom is -0.312 e. The second-order valence-electron chi connectivity index (χ2n) is 7.60. The summed E-state index contributed by atoms with van der Waals surface area (Å²) in [5.41, 5.74) is 2.39. The number of hydrogen-bond donors (Lipinski definition) is 2. The summed E-state index contributed by atoms with van der Waals surface area (Å²) in [5, 5.41) is 19.3. The van der Waals surface area contributed by atoms with Crippen LogP contribution in [0.3, 0.4) is 0 Å². The maximum atomic E-state index is 14.2. The number of aromatic nitrogens is 5. The van der Waals surface area contributed by atoms with Crippen LogP contribution in [-0.4, -0.2) is 49.5 Å². The van der Waals surface area contributed by atoms with Gasteiger partial charge in [-0.3, -0.25) is 10.00 Å². The maximum absolute atomic E-state index is 14.2. The van der Waals surface area contributed by atoms with Crippen molar-refractivity contribution in [2.24, 2.45) is 0 Å². The summed E-state index contributed by atoms with van der Waals surface area (Å²) in [6, 6.07) is 6.84. The quantitative estimate of drug-likeness (QED) is 0.725. The third-order valence-electron chi connectivity index (χ3n) is 5.86. The lowest BCUT2D eigenvalue weighted by atomic mass is 9.95. The van der Waals surface area contributed by atoms with Gasteiger partial charge in [0.1, 0.15) is 17.5 Å². The number of likely N-dealkylation sites (tertiary alicyclic amines) is 1. The van der Waals surface area contributed by atoms with Gasteiger partial charge in [-0.15, -0.1) is 10.2 Å². The lowest BCUT2D eigenvalue weighted by molar-refractivity contribution is 0.199. The predicted molar refractivity (Wildman–Crippen MR) is 103 cm³/mol. The molecule has 7 nitrogen and oxygen atoms in total. The fourth-order valence-corrected chi connectivity index (χ4v) is 4.33. The molecule has 1 aromatic carbocycles. The summed E-state index contributed by atoms with van der Waals surface area (Å²) < 4.78 is 16.5. The molecule has 5 rings (SSSR count). The highest BCUT2D eigenvalue weighted by Crippen LogP contribution is 2.30. The van der Waals surface area contributed by atoms with Gasteiger partial charge in [0.05, 0.1) is 18.4 Å². The van der Waals surface area contributed by atoms with Crippen molar-refractivity contribution >= 4 is 0 Å². The number of fused-ring (bicyclic) bond motifs is 1. The average molecular weight is 381 g/mol. The van der Waals surface area contributed by atoms with Crippen LogP contribution in [0.15, 0.2) is 30.5 Å². The van der Waals surface area contributed by atoms with E-state index < -0.39 is 0 Å². The molecular formula is C20H24FN7. The first-order chi connectivity index (χ1) is 13.8. The van der Waals surface area contributed by atoms with Crippen molar-refractivity contribution in [3.63, 3.8) is 0 Å². The lowest BCUT2D eigenvalue weighted by Crippen LogP contribution is -2.34. The Labute approximate surface area is 163 Å². The van der Waals surface area contributed by atoms with Gasteiger partial charge in [-0.1, -0.05) is 12.1 Å². The molecule has 0 aliphatic carbocycles. The Kier molecular flexibility index (Phi) is 4.66. The molecule has 2 aliphatic rings. The van der Waals surface area contributed by atoms with E-state index in [-0.39, 0.29) is 5.82 Å². The molecule has 0 amide bonds. The third kappa shape index (κ3) is 3.22. The maximum Gasteiger partial charge on any atom is 0.147 e. The Morgan fingerprint density at radius 1 is 1.11 bits per heavy atom. The minimum absolute atomic E-state index is 0.224. The highest BCUT2D eigenvalue weighted by Gasteiger charge is 2.27. The molecule has 0 bridgehead atoms. The molecule has 2 N–H and O–H groups in total. The SMILES string of the molecule is Fc1ccccc1-c1[nH]ncc1CN1CCC(c2nnc3n2CCNC3)CC1. The zero-order valence-electron chi connectivity index (χ0n) is 15.7. The van der Waals surface area contributed by atoms with E-state index in [1.165, 1.54) is 6.07 Å². The van der Waals surface area contributed by atoms with E-state index in [1.54, 1.807) is 12.1 Å². The van der Waals surface area contributed by atoms with Crippen molar-refractivity contribution in [2.75, 3.05) is 19.6 Å². The molecule has 28 heavy (non-hydrogen) atoms. The van der Waals surface area contributed by atoms with Gasteiger partial charge < -0.3 is 9.88 Å². The number of benzene rings is 1. The molecule has 2 aromatic heterocycles. The van der Waals surface area contributed by atoms with E-state index >= 15 is 0 Å². The molecular weight excluding hydrogens is 357 g/mol. The largest absolute Gasteiger partial charge is 0.312 e. The van der Waals surface area contributed by atoms with E-state index in [9.17, 15) is 4.39 Å². The lowest BCUT2D eigenvalue weighted by Gasteiger charge is -2.32. The zero-order chi connectivity index (χ0) is 18.9. The van der Waals surface area contributed by atoms with Crippen LogP contribution >= 0.6 is 0 Å². The predicted octanol–water partition coefficient (Wildman–Crippen LogP) is 2.29. The van der Waals surface area contributed by atoms with Gasteiger partial charge >= 0.3 is 0 Å². The van der Waals surface area contributed by atoms with Crippen LogP contribution in [0, 0.1) is 5.82 Å². The van der Waals surface area contributed by atoms with Gasteiger partial charge in [-0.05, 0) is 38.1 Å². The van der Waals surface area contributed by atoms with Gasteiger partial charge in [0, 0.05) is 36.7 Å². The molecule has 0 atom stereocenters. The van der Waals surface area contributed by atoms with Gasteiger partial charge in [0.25, 0.3) is 0 Å². The summed E-state index contributed by atoms with van der Waals surface area (Å²) in [4.78, 5) is 2.42. The fourth-order valence-electron chi connectivity index (χ4n) is 4.33. The van der Waals surface area contributed by atoms with Crippen molar-refractivity contribution in [1.29, 1.82) is 0 Å². The van der Waals surface area contributed by atoms with Crippen molar-refractivity contribution < 1.29 is 4.39 Å². The van der Waals surface area contributed by atoms with Gasteiger partial charge in [-0.25, -0.2) is 4.39 Å². The highest BCUT2D eigenvalue weighted by atomic mass is 19.1. The van der Waals surface area contributed by atoms with Gasteiger partial charge in [0.15, 0.2) is 0 Å². The van der Waals surface area contributed by atoms with Crippen molar-refractivity contribution in [3.8, 4) is 11.3 Å². The second kappa shape index (κ2) is 7.44. The summed E-state index contributed by atoms with van der Waals surface area (Å²) in [5.74, 6) is 2.44. The molecule has 1 saturated heterocycles. The number of nitrogens with one attached hydrogen (secondary N) is 2. The van der Waals surface area contributed by atoms with Crippen LogP contribution in [0.2, 0.25) is 0 Å². The van der Waals surface area contributed by atoms with Crippen LogP contribution in [0.1, 0.15) is 36.0 Å². The molecule has 146 valence electrons. The van der Waals surface area contributed by atoms with Crippen LogP contribution in [0.4, 0.5) is 4.39 Å². The zero-order valence-corrected chi connectivity index (χ0v) is 15.7. The molecule has 4 heterocycles. The van der Waals surface area contributed by atoms with Crippen LogP contribution in [-0.2, 0) is 19.6 Å². The van der Waals surface area contributed by atoms with Gasteiger partial charge in [-0.2, -0.15) is 5.10 Å². The van der Waals surface area contributed by atoms with E-state index in [2.05, 4.69) is 35.2 Å². The molecule has 1 fully saturated rings. The second-order valence-corrected chi connectivity index (χ2v) is 7.60. The average Bonchev–Trinajstić information content (AvgIpc) is 3.36. The number of halogens is 1. The molecule has 0 radical (unpaired) electrons. The Balaban J connectivity index is 1.26. The summed E-state index contributed by atoms with van der Waals surface area (Å²) in [6.07, 6.45) is 3.95. The standard InChI is InChI=1S/C20H24FN7/c21-17-4-2-1-3-16(17)19-15(11-23-25-19)13-27-8-5-14(6-9-27)20-26-24-18-12-22-7-10-28(18)20/h1-4,11,14,22H,5-10,12-13H2,(H,23,25). The van der Waals surface area contributed by atoms with Crippen LogP contribution < -0.4 is 5.32 Å². The monoisotopic (exact) mass is 381 g/mol. The minimum atomic E-state index is -0.224. The van der Waals surface area contributed by atoms with Crippen LogP contribution in [0.25, 0.3) is 11.3 Å². The number of nitrogens with zero attached hydrogens (tertiary/aromatic N) is 5. The fraction of sp³-hybridized carbons (Fsp3) is 0.450. The Bertz CT molecular complexity index is 955. The molecule has 3 aromatic rings. The van der Waals surface area contributed by atoms with Crippen molar-refractivity contribution in [2.45, 2.75) is 38.4 Å². The highest BCUT2D eigenvalue weighted by molar-refractivity contribution is 5.63. The first kappa shape index (κ1) is 17.5. The number of aromatic amines is 1. The topological polar surface area (TPSA) is 74.7 Å². The molecule has 2 aliphatic heterocycles. The first-order valence-corrected chi connectivity index (χ1v) is 9.92. The molecule has 0 unspecified atom stereocenters. The number of rotatable bonds is 4. The van der Waals surface area contributed by atoms with E-state index in [4.69, 9.17) is 0 Å². The molecule has 0 saturated carbocycles. The Morgan fingerprint density at radius 2 is 1.96 bits per heavy atom. The Morgan fingerprint density at radius 3 is 2.82 bits per heavy atom. The van der Waals surface area contributed by atoms with E-state index in [1.807, 2.05) is 12.3 Å². The third-order valence-corrected chi connectivity index (χ3v) is 5.86.